The van der Waals surface area contributed by atoms with Crippen LogP contribution in [0.5, 0.6) is 0 Å². The Morgan fingerprint density at radius 2 is 1.64 bits per heavy atom. The van der Waals surface area contributed by atoms with Gasteiger partial charge in [-0.1, -0.05) is 45.4 Å². The highest BCUT2D eigenvalue weighted by Crippen LogP contribution is 2.39. The Morgan fingerprint density at radius 1 is 0.818 bits per heavy atom. The van der Waals surface area contributed by atoms with E-state index in [0.29, 0.717) is 0 Å². The molecule has 2 aliphatic carbocycles. The van der Waals surface area contributed by atoms with Gasteiger partial charge in [0.1, 0.15) is 0 Å². The lowest BCUT2D eigenvalue weighted by atomic mass is 9.84. The van der Waals surface area contributed by atoms with Crippen LogP contribution in [-0.2, 0) is 0 Å². The number of rotatable bonds is 0. The summed E-state index contributed by atoms with van der Waals surface area (Å²) in [5.41, 5.74) is 0. The lowest BCUT2D eigenvalue weighted by Crippen LogP contribution is -2.10. The van der Waals surface area contributed by atoms with Gasteiger partial charge in [-0.15, -0.1) is 0 Å². The fraction of sp³-hybridized carbons (Fsp3) is 1.00. The molecule has 0 N–H and O–H groups in total. The Labute approximate surface area is 70.4 Å². The lowest BCUT2D eigenvalue weighted by molar-refractivity contribution is 0.298. The van der Waals surface area contributed by atoms with E-state index < -0.39 is 0 Å². The van der Waals surface area contributed by atoms with E-state index in [0.717, 1.165) is 17.8 Å². The summed E-state index contributed by atoms with van der Waals surface area (Å²) >= 11 is 0. The third-order valence-corrected chi connectivity index (χ3v) is 3.97. The molecule has 0 radical (unpaired) electrons. The molecule has 2 bridgehead atoms. The molecule has 0 aromatic heterocycles. The van der Waals surface area contributed by atoms with Crippen LogP contribution in [0.4, 0.5) is 0 Å². The largest absolute Gasteiger partial charge is 0.0622 e. The first-order valence-electron chi connectivity index (χ1n) is 5.36. The number of fused-ring (bicyclic) bond motifs is 3. The Kier molecular flexibility index (Phi) is 2.20. The SMILES string of the molecule is C[C@@H]1CCC2CCCC1CC2. The molecule has 11 heavy (non-hydrogen) atoms. The molecule has 0 aromatic carbocycles. The average Bonchev–Trinajstić information content (AvgIpc) is 2.29. The van der Waals surface area contributed by atoms with Crippen LogP contribution in [-0.4, -0.2) is 0 Å². The van der Waals surface area contributed by atoms with Gasteiger partial charge in [0.05, 0.1) is 0 Å². The van der Waals surface area contributed by atoms with Gasteiger partial charge < -0.3 is 0 Å². The van der Waals surface area contributed by atoms with E-state index in [9.17, 15) is 0 Å². The van der Waals surface area contributed by atoms with Crippen molar-refractivity contribution in [2.45, 2.75) is 51.9 Å². The van der Waals surface area contributed by atoms with Gasteiger partial charge in [-0.3, -0.25) is 0 Å². The number of hydrogen-bond donors (Lipinski definition) is 0. The molecule has 2 aliphatic rings. The van der Waals surface area contributed by atoms with E-state index in [4.69, 9.17) is 0 Å². The standard InChI is InChI=1S/C11H20/c1-9-5-6-10-3-2-4-11(9)8-7-10/h9-11H,2-8H2,1H3/t9-,10?,11?/m1/s1. The molecule has 0 aromatic rings. The molecule has 2 rings (SSSR count). The molecular weight excluding hydrogens is 132 g/mol. The van der Waals surface area contributed by atoms with Crippen molar-refractivity contribution < 1.29 is 0 Å². The maximum Gasteiger partial charge on any atom is -0.0388 e. The molecule has 0 heterocycles. The molecule has 2 saturated carbocycles. The van der Waals surface area contributed by atoms with Crippen molar-refractivity contribution in [3.63, 3.8) is 0 Å². The quantitative estimate of drug-likeness (QED) is 0.497. The summed E-state index contributed by atoms with van der Waals surface area (Å²) in [4.78, 5) is 0. The highest BCUT2D eigenvalue weighted by molar-refractivity contribution is 4.78. The predicted octanol–water partition coefficient (Wildman–Crippen LogP) is 3.61. The van der Waals surface area contributed by atoms with Gasteiger partial charge in [0.2, 0.25) is 0 Å². The normalized spacial score (nSPS) is 45.0. The molecule has 0 heteroatoms. The smallest absolute Gasteiger partial charge is 0.0388 e. The van der Waals surface area contributed by atoms with Crippen molar-refractivity contribution >= 4 is 0 Å². The van der Waals surface area contributed by atoms with Crippen LogP contribution >= 0.6 is 0 Å². The van der Waals surface area contributed by atoms with Gasteiger partial charge in [0.25, 0.3) is 0 Å². The van der Waals surface area contributed by atoms with Crippen molar-refractivity contribution in [1.29, 1.82) is 0 Å². The molecule has 0 amide bonds. The highest BCUT2D eigenvalue weighted by Gasteiger charge is 2.27. The zero-order valence-electron chi connectivity index (χ0n) is 7.68. The van der Waals surface area contributed by atoms with Crippen LogP contribution in [0.2, 0.25) is 0 Å². The van der Waals surface area contributed by atoms with E-state index in [1.54, 1.807) is 19.3 Å². The first kappa shape index (κ1) is 7.64. The van der Waals surface area contributed by atoms with Crippen LogP contribution in [0.1, 0.15) is 51.9 Å². The lowest BCUT2D eigenvalue weighted by Gasteiger charge is -2.21. The van der Waals surface area contributed by atoms with E-state index in [1.165, 1.54) is 25.7 Å². The minimum absolute atomic E-state index is 1.04. The molecule has 0 nitrogen and oxygen atoms in total. The van der Waals surface area contributed by atoms with Crippen LogP contribution in [0.15, 0.2) is 0 Å². The maximum atomic E-state index is 2.47. The summed E-state index contributed by atoms with van der Waals surface area (Å²) < 4.78 is 0. The second kappa shape index (κ2) is 3.16. The van der Waals surface area contributed by atoms with E-state index >= 15 is 0 Å². The van der Waals surface area contributed by atoms with Gasteiger partial charge in [0.15, 0.2) is 0 Å². The fourth-order valence-electron chi connectivity index (χ4n) is 3.00. The summed E-state index contributed by atoms with van der Waals surface area (Å²) in [5, 5.41) is 0. The zero-order chi connectivity index (χ0) is 7.68. The van der Waals surface area contributed by atoms with Gasteiger partial charge in [-0.05, 0) is 24.2 Å². The predicted molar refractivity (Wildman–Crippen MR) is 48.5 cm³/mol. The Morgan fingerprint density at radius 3 is 2.55 bits per heavy atom. The van der Waals surface area contributed by atoms with Crippen molar-refractivity contribution in [2.24, 2.45) is 17.8 Å². The van der Waals surface area contributed by atoms with Crippen molar-refractivity contribution in [3.05, 3.63) is 0 Å². The number of hydrogen-bond acceptors (Lipinski definition) is 0. The molecule has 0 saturated heterocycles. The van der Waals surface area contributed by atoms with Crippen molar-refractivity contribution in [3.8, 4) is 0 Å². The Hall–Kier alpha value is 0. The topological polar surface area (TPSA) is 0 Å². The molecule has 3 atom stereocenters. The minimum atomic E-state index is 1.04. The maximum absolute atomic E-state index is 2.47. The Bertz CT molecular complexity index is 124. The van der Waals surface area contributed by atoms with Crippen LogP contribution < -0.4 is 0 Å². The first-order valence-corrected chi connectivity index (χ1v) is 5.36. The van der Waals surface area contributed by atoms with Gasteiger partial charge >= 0.3 is 0 Å². The summed E-state index contributed by atoms with van der Waals surface area (Å²) in [6, 6.07) is 0. The Balaban J connectivity index is 2.05. The average molecular weight is 152 g/mol. The summed E-state index contributed by atoms with van der Waals surface area (Å²) in [5.74, 6) is 3.26. The van der Waals surface area contributed by atoms with E-state index in [2.05, 4.69) is 6.92 Å². The fourth-order valence-corrected chi connectivity index (χ4v) is 3.00. The van der Waals surface area contributed by atoms with Gasteiger partial charge in [-0.25, -0.2) is 0 Å². The zero-order valence-corrected chi connectivity index (χ0v) is 7.68. The summed E-state index contributed by atoms with van der Waals surface area (Å²) in [7, 11) is 0. The monoisotopic (exact) mass is 152 g/mol. The van der Waals surface area contributed by atoms with Gasteiger partial charge in [0, 0.05) is 0 Å². The second-order valence-corrected chi connectivity index (χ2v) is 4.69. The van der Waals surface area contributed by atoms with Crippen molar-refractivity contribution in [2.75, 3.05) is 0 Å². The third-order valence-electron chi connectivity index (χ3n) is 3.97. The summed E-state index contributed by atoms with van der Waals surface area (Å²) in [6.45, 7) is 2.47. The van der Waals surface area contributed by atoms with Crippen LogP contribution in [0, 0.1) is 17.8 Å². The third kappa shape index (κ3) is 1.60. The minimum Gasteiger partial charge on any atom is -0.0622 e. The van der Waals surface area contributed by atoms with Crippen LogP contribution in [0.25, 0.3) is 0 Å². The molecule has 0 spiro atoms. The molecule has 64 valence electrons. The first-order chi connectivity index (χ1) is 5.36. The summed E-state index contributed by atoms with van der Waals surface area (Å²) in [6.07, 6.45) is 10.8. The molecule has 2 fully saturated rings. The van der Waals surface area contributed by atoms with Crippen LogP contribution in [0.3, 0.4) is 0 Å². The van der Waals surface area contributed by atoms with Gasteiger partial charge in [-0.2, -0.15) is 0 Å². The second-order valence-electron chi connectivity index (χ2n) is 4.69. The molecular formula is C11H20. The van der Waals surface area contributed by atoms with Crippen molar-refractivity contribution in [1.82, 2.24) is 0 Å². The van der Waals surface area contributed by atoms with E-state index in [-0.39, 0.29) is 0 Å². The van der Waals surface area contributed by atoms with E-state index in [1.807, 2.05) is 0 Å². The molecule has 0 aliphatic heterocycles. The molecule has 2 unspecified atom stereocenters. The highest BCUT2D eigenvalue weighted by atomic mass is 14.3.